The van der Waals surface area contributed by atoms with Crippen LogP contribution in [-0.2, 0) is 9.36 Å². The van der Waals surface area contributed by atoms with Gasteiger partial charge in [0.15, 0.2) is 0 Å². The van der Waals surface area contributed by atoms with Crippen molar-refractivity contribution in [3.05, 3.63) is 0 Å². The Labute approximate surface area is 66.7 Å². The molecule has 0 rings (SSSR count). The number of hydrogen-bond acceptors (Lipinski definition) is 2. The first-order valence-corrected chi connectivity index (χ1v) is 5.87. The lowest BCUT2D eigenvalue weighted by molar-refractivity contribution is -0.116. The first-order chi connectivity index (χ1) is 3.95. The molecule has 0 spiro atoms. The lowest BCUT2D eigenvalue weighted by atomic mass is 10.8. The van der Waals surface area contributed by atoms with Gasteiger partial charge >= 0.3 is 6.00 Å². The zero-order valence-corrected chi connectivity index (χ0v) is 7.27. The van der Waals surface area contributed by atoms with Crippen LogP contribution < -0.4 is 5.09 Å². The highest BCUT2D eigenvalue weighted by Crippen LogP contribution is 2.51. The monoisotopic (exact) mass is 209 g/mol. The molecule has 0 radical (unpaired) electrons. The molecule has 0 bridgehead atoms. The van der Waals surface area contributed by atoms with Crippen LogP contribution in [0.4, 0.5) is 0 Å². The average molecular weight is 210 g/mol. The Kier molecular flexibility index (Phi) is 3.90. The van der Waals surface area contributed by atoms with E-state index in [1.54, 1.807) is 5.09 Å². The Bertz CT molecular complexity index is 154. The van der Waals surface area contributed by atoms with Crippen molar-refractivity contribution in [1.29, 1.82) is 0 Å². The van der Waals surface area contributed by atoms with Crippen molar-refractivity contribution in [2.75, 3.05) is 5.88 Å². The number of halogens is 3. The number of nitrogens with one attached hydrogen (secondary N) is 1. The number of hydrogen-bond donors (Lipinski definition) is 1. The van der Waals surface area contributed by atoms with Crippen LogP contribution >= 0.6 is 40.1 Å². The highest BCUT2D eigenvalue weighted by atomic mass is 35.9. The van der Waals surface area contributed by atoms with Crippen molar-refractivity contribution in [2.45, 2.75) is 0 Å². The molecule has 0 aliphatic heterocycles. The van der Waals surface area contributed by atoms with Crippen molar-refractivity contribution in [3.63, 3.8) is 0 Å². The summed E-state index contributed by atoms with van der Waals surface area (Å²) in [6.07, 6.45) is 0. The highest BCUT2D eigenvalue weighted by molar-refractivity contribution is 8.07. The predicted molar refractivity (Wildman–Crippen MR) is 38.2 cm³/mol. The van der Waals surface area contributed by atoms with E-state index in [0.717, 1.165) is 0 Å². The van der Waals surface area contributed by atoms with E-state index in [2.05, 4.69) is 0 Å². The van der Waals surface area contributed by atoms with Crippen LogP contribution in [0.15, 0.2) is 0 Å². The van der Waals surface area contributed by atoms with E-state index in [-0.39, 0.29) is 5.88 Å². The fourth-order valence-corrected chi connectivity index (χ4v) is 1.27. The third kappa shape index (κ3) is 6.46. The summed E-state index contributed by atoms with van der Waals surface area (Å²) in [4.78, 5) is 10.2. The molecule has 0 saturated carbocycles. The molecule has 0 aromatic carbocycles. The van der Waals surface area contributed by atoms with Crippen molar-refractivity contribution < 1.29 is 9.36 Å². The Balaban J connectivity index is 3.75. The fraction of sp³-hybridized carbons (Fsp3) is 0.500. The minimum atomic E-state index is -3.48. The van der Waals surface area contributed by atoms with Crippen LogP contribution in [0, 0.1) is 0 Å². The maximum atomic E-state index is 10.3. The number of amides is 1. The molecule has 0 atom stereocenters. The van der Waals surface area contributed by atoms with Gasteiger partial charge in [0.1, 0.15) is 5.88 Å². The van der Waals surface area contributed by atoms with E-state index in [1.807, 2.05) is 0 Å². The molecular formula is C2H3Cl3NO2P. The quantitative estimate of drug-likeness (QED) is 0.559. The van der Waals surface area contributed by atoms with E-state index in [4.69, 9.17) is 34.1 Å². The van der Waals surface area contributed by atoms with E-state index < -0.39 is 11.9 Å². The van der Waals surface area contributed by atoms with Crippen LogP contribution in [0.2, 0.25) is 0 Å². The number of alkyl halides is 1. The van der Waals surface area contributed by atoms with Gasteiger partial charge in [-0.15, -0.1) is 11.6 Å². The average Bonchev–Trinajstić information content (AvgIpc) is 1.62. The summed E-state index contributed by atoms with van der Waals surface area (Å²) in [5.41, 5.74) is 0. The smallest absolute Gasteiger partial charge is 0.282 e. The second-order valence-electron chi connectivity index (χ2n) is 1.13. The van der Waals surface area contributed by atoms with Crippen LogP contribution in [0.3, 0.4) is 0 Å². The Morgan fingerprint density at radius 2 is 2.00 bits per heavy atom. The fourth-order valence-electron chi connectivity index (χ4n) is 0.175. The van der Waals surface area contributed by atoms with Crippen molar-refractivity contribution >= 4 is 46.0 Å². The zero-order chi connectivity index (χ0) is 7.49. The van der Waals surface area contributed by atoms with Gasteiger partial charge in [0.2, 0.25) is 5.91 Å². The Hall–Kier alpha value is 0.570. The largest absolute Gasteiger partial charge is 0.345 e. The molecule has 0 saturated heterocycles. The minimum absolute atomic E-state index is 0.302. The van der Waals surface area contributed by atoms with Crippen molar-refractivity contribution in [3.8, 4) is 0 Å². The molecule has 9 heavy (non-hydrogen) atoms. The summed E-state index contributed by atoms with van der Waals surface area (Å²) in [5, 5.41) is 1.78. The molecule has 0 aromatic rings. The van der Waals surface area contributed by atoms with Gasteiger partial charge in [0.05, 0.1) is 0 Å². The predicted octanol–water partition coefficient (Wildman–Crippen LogP) is 1.93. The summed E-state index contributed by atoms with van der Waals surface area (Å²) >= 11 is 14.9. The summed E-state index contributed by atoms with van der Waals surface area (Å²) in [6, 6.07) is 0. The molecule has 0 aliphatic rings. The van der Waals surface area contributed by atoms with Gasteiger partial charge in [-0.05, 0) is 22.5 Å². The number of rotatable bonds is 2. The maximum absolute atomic E-state index is 10.3. The van der Waals surface area contributed by atoms with Crippen LogP contribution in [0.25, 0.3) is 0 Å². The van der Waals surface area contributed by atoms with Gasteiger partial charge in [-0.3, -0.25) is 14.4 Å². The SMILES string of the molecule is O=C(CCl)NP(=O)(Cl)Cl. The topological polar surface area (TPSA) is 46.2 Å². The standard InChI is InChI=1S/C2H3Cl3NO2P/c3-1-2(7)6-9(4,5)8/h1H2,(H,6,7,8). The summed E-state index contributed by atoms with van der Waals surface area (Å²) < 4.78 is 10.3. The molecule has 7 heteroatoms. The molecule has 0 aliphatic carbocycles. The molecule has 1 N–H and O–H groups in total. The van der Waals surface area contributed by atoms with E-state index in [9.17, 15) is 9.36 Å². The van der Waals surface area contributed by atoms with Crippen LogP contribution in [0.5, 0.6) is 0 Å². The van der Waals surface area contributed by atoms with Crippen LogP contribution in [-0.4, -0.2) is 11.8 Å². The van der Waals surface area contributed by atoms with E-state index in [0.29, 0.717) is 0 Å². The van der Waals surface area contributed by atoms with Crippen LogP contribution in [0.1, 0.15) is 0 Å². The zero-order valence-electron chi connectivity index (χ0n) is 4.10. The van der Waals surface area contributed by atoms with Crippen molar-refractivity contribution in [1.82, 2.24) is 5.09 Å². The van der Waals surface area contributed by atoms with Gasteiger partial charge < -0.3 is 0 Å². The second kappa shape index (κ2) is 3.67. The summed E-state index contributed by atoms with van der Waals surface area (Å²) in [5.74, 6) is -4.43. The van der Waals surface area contributed by atoms with E-state index in [1.165, 1.54) is 0 Å². The lowest BCUT2D eigenvalue weighted by Gasteiger charge is -2.00. The maximum Gasteiger partial charge on any atom is 0.345 e. The minimum Gasteiger partial charge on any atom is -0.282 e. The number of carbonyl (C=O) groups excluding carboxylic acids is 1. The molecule has 1 amide bonds. The van der Waals surface area contributed by atoms with E-state index >= 15 is 0 Å². The van der Waals surface area contributed by atoms with Gasteiger partial charge in [-0.25, -0.2) is 0 Å². The highest BCUT2D eigenvalue weighted by Gasteiger charge is 2.15. The third-order valence-electron chi connectivity index (χ3n) is 0.376. The van der Waals surface area contributed by atoms with Gasteiger partial charge in [-0.2, -0.15) is 0 Å². The first-order valence-electron chi connectivity index (χ1n) is 1.82. The Morgan fingerprint density at radius 1 is 1.56 bits per heavy atom. The van der Waals surface area contributed by atoms with Gasteiger partial charge in [0.25, 0.3) is 0 Å². The molecule has 0 aromatic heterocycles. The molecule has 0 unspecified atom stereocenters. The van der Waals surface area contributed by atoms with Gasteiger partial charge in [-0.1, -0.05) is 0 Å². The second-order valence-corrected chi connectivity index (χ2v) is 5.92. The first kappa shape index (κ1) is 9.57. The molecule has 54 valence electrons. The molecule has 0 fully saturated rings. The normalized spacial score (nSPS) is 11.0. The summed E-state index contributed by atoms with van der Waals surface area (Å²) in [7, 11) is 0. The van der Waals surface area contributed by atoms with Crippen molar-refractivity contribution in [2.24, 2.45) is 0 Å². The third-order valence-corrected chi connectivity index (χ3v) is 1.64. The summed E-state index contributed by atoms with van der Waals surface area (Å²) in [6.45, 7) is 0. The lowest BCUT2D eigenvalue weighted by Crippen LogP contribution is -2.17. The number of carbonyl (C=O) groups is 1. The molecule has 0 heterocycles. The molecule has 3 nitrogen and oxygen atoms in total. The van der Waals surface area contributed by atoms with Gasteiger partial charge in [0, 0.05) is 0 Å². The molecular weight excluding hydrogens is 207 g/mol. The Morgan fingerprint density at radius 3 is 2.11 bits per heavy atom.